The Morgan fingerprint density at radius 1 is 1.30 bits per heavy atom. The summed E-state index contributed by atoms with van der Waals surface area (Å²) < 4.78 is 0. The summed E-state index contributed by atoms with van der Waals surface area (Å²) in [7, 11) is 0. The molecule has 0 saturated carbocycles. The molecular formula is C7H7Cl2N. The maximum atomic E-state index is 5.81. The van der Waals surface area contributed by atoms with Gasteiger partial charge in [0.05, 0.1) is 10.0 Å². The molecule has 0 N–H and O–H groups in total. The standard InChI is InChI=1S/C7H7Cl2N/c1-4-5(2)10-3-6(8)7(4)9/h3H,1-2H3. The molecule has 0 amide bonds. The summed E-state index contributed by atoms with van der Waals surface area (Å²) in [5.74, 6) is 0. The van der Waals surface area contributed by atoms with Crippen LogP contribution in [0.3, 0.4) is 0 Å². The minimum atomic E-state index is 0.518. The molecule has 0 fully saturated rings. The van der Waals surface area contributed by atoms with Crippen molar-refractivity contribution in [2.24, 2.45) is 0 Å². The average molecular weight is 176 g/mol. The molecule has 10 heavy (non-hydrogen) atoms. The van der Waals surface area contributed by atoms with Crippen LogP contribution in [0.15, 0.2) is 6.20 Å². The summed E-state index contributed by atoms with van der Waals surface area (Å²) in [6, 6.07) is 0. The van der Waals surface area contributed by atoms with Gasteiger partial charge in [-0.1, -0.05) is 23.2 Å². The van der Waals surface area contributed by atoms with Crippen molar-refractivity contribution in [2.75, 3.05) is 0 Å². The van der Waals surface area contributed by atoms with Crippen LogP contribution in [0.25, 0.3) is 0 Å². The zero-order valence-electron chi connectivity index (χ0n) is 5.78. The Morgan fingerprint density at radius 2 is 1.90 bits per heavy atom. The summed E-state index contributed by atoms with van der Waals surface area (Å²) >= 11 is 11.5. The van der Waals surface area contributed by atoms with Crippen LogP contribution in [0.2, 0.25) is 10.0 Å². The highest BCUT2D eigenvalue weighted by Gasteiger charge is 2.02. The highest BCUT2D eigenvalue weighted by Crippen LogP contribution is 2.25. The SMILES string of the molecule is Cc1ncc(Cl)c(Cl)c1C. The Hall–Kier alpha value is -0.270. The molecule has 0 atom stereocenters. The molecule has 0 aromatic carbocycles. The van der Waals surface area contributed by atoms with Crippen molar-refractivity contribution in [2.45, 2.75) is 13.8 Å². The third-order valence-electron chi connectivity index (χ3n) is 1.45. The van der Waals surface area contributed by atoms with Gasteiger partial charge < -0.3 is 0 Å². The largest absolute Gasteiger partial charge is 0.260 e. The van der Waals surface area contributed by atoms with E-state index in [9.17, 15) is 0 Å². The molecule has 1 aromatic rings. The molecule has 0 saturated heterocycles. The highest BCUT2D eigenvalue weighted by atomic mass is 35.5. The van der Waals surface area contributed by atoms with Crippen molar-refractivity contribution in [3.8, 4) is 0 Å². The second-order valence-electron chi connectivity index (χ2n) is 2.13. The first-order valence-electron chi connectivity index (χ1n) is 2.90. The maximum Gasteiger partial charge on any atom is 0.0778 e. The predicted molar refractivity (Wildman–Crippen MR) is 43.7 cm³/mol. The summed E-state index contributed by atoms with van der Waals surface area (Å²) in [6.07, 6.45) is 1.56. The van der Waals surface area contributed by atoms with Gasteiger partial charge in [-0.15, -0.1) is 0 Å². The first kappa shape index (κ1) is 7.83. The number of rotatable bonds is 0. The number of aryl methyl sites for hydroxylation is 1. The monoisotopic (exact) mass is 175 g/mol. The lowest BCUT2D eigenvalue weighted by Crippen LogP contribution is -1.86. The third-order valence-corrected chi connectivity index (χ3v) is 2.32. The Kier molecular flexibility index (Phi) is 2.17. The van der Waals surface area contributed by atoms with Gasteiger partial charge in [0, 0.05) is 11.9 Å². The van der Waals surface area contributed by atoms with E-state index >= 15 is 0 Å². The molecule has 0 radical (unpaired) electrons. The number of hydrogen-bond acceptors (Lipinski definition) is 1. The topological polar surface area (TPSA) is 12.9 Å². The van der Waals surface area contributed by atoms with Crippen molar-refractivity contribution in [1.29, 1.82) is 0 Å². The van der Waals surface area contributed by atoms with E-state index in [-0.39, 0.29) is 0 Å². The van der Waals surface area contributed by atoms with Crippen LogP contribution in [0.4, 0.5) is 0 Å². The Labute approximate surface area is 70.0 Å². The van der Waals surface area contributed by atoms with Crippen LogP contribution in [-0.4, -0.2) is 4.98 Å². The van der Waals surface area contributed by atoms with E-state index in [1.165, 1.54) is 0 Å². The van der Waals surface area contributed by atoms with E-state index in [0.29, 0.717) is 10.0 Å². The van der Waals surface area contributed by atoms with Gasteiger partial charge in [-0.3, -0.25) is 4.98 Å². The summed E-state index contributed by atoms with van der Waals surface area (Å²) in [6.45, 7) is 3.80. The van der Waals surface area contributed by atoms with Crippen LogP contribution in [0.1, 0.15) is 11.3 Å². The molecule has 1 rings (SSSR count). The quantitative estimate of drug-likeness (QED) is 0.592. The van der Waals surface area contributed by atoms with Crippen molar-refractivity contribution in [1.82, 2.24) is 4.98 Å². The van der Waals surface area contributed by atoms with Crippen LogP contribution >= 0.6 is 23.2 Å². The second-order valence-corrected chi connectivity index (χ2v) is 2.92. The zero-order chi connectivity index (χ0) is 7.72. The van der Waals surface area contributed by atoms with Crippen LogP contribution in [0.5, 0.6) is 0 Å². The number of pyridine rings is 1. The fourth-order valence-corrected chi connectivity index (χ4v) is 1.02. The molecular weight excluding hydrogens is 169 g/mol. The van der Waals surface area contributed by atoms with Crippen molar-refractivity contribution in [3.05, 3.63) is 27.5 Å². The lowest BCUT2D eigenvalue weighted by molar-refractivity contribution is 1.15. The molecule has 1 nitrogen and oxygen atoms in total. The van der Waals surface area contributed by atoms with E-state index in [2.05, 4.69) is 4.98 Å². The van der Waals surface area contributed by atoms with E-state index in [1.54, 1.807) is 6.20 Å². The molecule has 1 aromatic heterocycles. The zero-order valence-corrected chi connectivity index (χ0v) is 7.29. The number of nitrogens with zero attached hydrogens (tertiary/aromatic N) is 1. The van der Waals surface area contributed by atoms with Gasteiger partial charge >= 0.3 is 0 Å². The molecule has 0 spiro atoms. The predicted octanol–water partition coefficient (Wildman–Crippen LogP) is 3.01. The highest BCUT2D eigenvalue weighted by molar-refractivity contribution is 6.42. The first-order chi connectivity index (χ1) is 4.63. The van der Waals surface area contributed by atoms with E-state index in [0.717, 1.165) is 11.3 Å². The van der Waals surface area contributed by atoms with Crippen LogP contribution < -0.4 is 0 Å². The number of halogens is 2. The summed E-state index contributed by atoms with van der Waals surface area (Å²) in [5.41, 5.74) is 1.88. The molecule has 0 aliphatic carbocycles. The maximum absolute atomic E-state index is 5.81. The molecule has 1 heterocycles. The molecule has 0 unspecified atom stereocenters. The van der Waals surface area contributed by atoms with Gasteiger partial charge in [-0.2, -0.15) is 0 Å². The van der Waals surface area contributed by atoms with Gasteiger partial charge in [0.25, 0.3) is 0 Å². The van der Waals surface area contributed by atoms with Gasteiger partial charge in [0.1, 0.15) is 0 Å². The van der Waals surface area contributed by atoms with Crippen LogP contribution in [-0.2, 0) is 0 Å². The molecule has 54 valence electrons. The number of hydrogen-bond donors (Lipinski definition) is 0. The van der Waals surface area contributed by atoms with Gasteiger partial charge in [0.2, 0.25) is 0 Å². The molecule has 0 bridgehead atoms. The summed E-state index contributed by atoms with van der Waals surface area (Å²) in [5, 5.41) is 1.12. The van der Waals surface area contributed by atoms with E-state index in [1.807, 2.05) is 13.8 Å². The van der Waals surface area contributed by atoms with Gasteiger partial charge in [-0.05, 0) is 19.4 Å². The molecule has 0 aliphatic rings. The second kappa shape index (κ2) is 2.77. The minimum absolute atomic E-state index is 0.518. The van der Waals surface area contributed by atoms with E-state index < -0.39 is 0 Å². The van der Waals surface area contributed by atoms with Crippen molar-refractivity contribution < 1.29 is 0 Å². The molecule has 3 heteroatoms. The van der Waals surface area contributed by atoms with Crippen LogP contribution in [0, 0.1) is 13.8 Å². The Morgan fingerprint density at radius 3 is 2.40 bits per heavy atom. The first-order valence-corrected chi connectivity index (χ1v) is 3.65. The summed E-state index contributed by atoms with van der Waals surface area (Å²) in [4.78, 5) is 4.02. The average Bonchev–Trinajstić information content (AvgIpc) is 1.93. The normalized spacial score (nSPS) is 10.0. The van der Waals surface area contributed by atoms with E-state index in [4.69, 9.17) is 23.2 Å². The lowest BCUT2D eigenvalue weighted by atomic mass is 10.2. The Balaban J connectivity index is 3.34. The lowest BCUT2D eigenvalue weighted by Gasteiger charge is -2.01. The minimum Gasteiger partial charge on any atom is -0.260 e. The van der Waals surface area contributed by atoms with Gasteiger partial charge in [-0.25, -0.2) is 0 Å². The Bertz CT molecular complexity index is 231. The van der Waals surface area contributed by atoms with Crippen molar-refractivity contribution in [3.63, 3.8) is 0 Å². The third kappa shape index (κ3) is 1.25. The van der Waals surface area contributed by atoms with Gasteiger partial charge in [0.15, 0.2) is 0 Å². The fourth-order valence-electron chi connectivity index (χ4n) is 0.645. The fraction of sp³-hybridized carbons (Fsp3) is 0.286. The number of aromatic nitrogens is 1. The van der Waals surface area contributed by atoms with Crippen molar-refractivity contribution >= 4 is 23.2 Å². The smallest absolute Gasteiger partial charge is 0.0778 e. The molecule has 0 aliphatic heterocycles.